The Kier molecular flexibility index (Phi) is 5.63. The number of hydrogen-bond donors (Lipinski definition) is 1. The van der Waals surface area contributed by atoms with Crippen molar-refractivity contribution >= 4 is 6.09 Å². The van der Waals surface area contributed by atoms with Crippen LogP contribution in [0, 0.1) is 0 Å². The summed E-state index contributed by atoms with van der Waals surface area (Å²) < 4.78 is 6.75. The highest BCUT2D eigenvalue weighted by atomic mass is 16.5. The zero-order chi connectivity index (χ0) is 20.1. The van der Waals surface area contributed by atoms with Gasteiger partial charge in [-0.15, -0.1) is 0 Å². The Morgan fingerprint density at radius 3 is 1.72 bits per heavy atom. The van der Waals surface area contributed by atoms with E-state index in [1.54, 1.807) is 0 Å². The van der Waals surface area contributed by atoms with Crippen LogP contribution in [0.3, 0.4) is 0 Å². The van der Waals surface area contributed by atoms with E-state index in [1.165, 1.54) is 4.90 Å². The molecule has 148 valence electrons. The first-order valence-corrected chi connectivity index (χ1v) is 10.0. The third kappa shape index (κ3) is 3.76. The molecule has 3 aromatic carbocycles. The molecule has 0 saturated carbocycles. The molecule has 1 amide bonds. The van der Waals surface area contributed by atoms with Gasteiger partial charge >= 0.3 is 6.09 Å². The molecule has 0 aliphatic carbocycles. The van der Waals surface area contributed by atoms with E-state index in [-0.39, 0.29) is 6.04 Å². The number of nitrogens with zero attached hydrogens (tertiary/aromatic N) is 1. The summed E-state index contributed by atoms with van der Waals surface area (Å²) in [6.07, 6.45) is 0.816. The summed E-state index contributed by atoms with van der Waals surface area (Å²) in [4.78, 5) is 13.1. The Morgan fingerprint density at radius 1 is 0.862 bits per heavy atom. The molecule has 0 radical (unpaired) electrons. The van der Waals surface area contributed by atoms with Crippen LogP contribution in [0.25, 0.3) is 0 Å². The second-order valence-corrected chi connectivity index (χ2v) is 7.36. The fourth-order valence-electron chi connectivity index (χ4n) is 4.25. The van der Waals surface area contributed by atoms with E-state index in [2.05, 4.69) is 36.4 Å². The van der Waals surface area contributed by atoms with Gasteiger partial charge in [0.1, 0.15) is 5.60 Å². The molecule has 1 N–H and O–H groups in total. The first-order valence-electron chi connectivity index (χ1n) is 10.0. The second-order valence-electron chi connectivity index (χ2n) is 7.36. The van der Waals surface area contributed by atoms with Crippen molar-refractivity contribution in [2.24, 2.45) is 0 Å². The first kappa shape index (κ1) is 19.2. The van der Waals surface area contributed by atoms with Crippen LogP contribution in [-0.4, -0.2) is 35.3 Å². The van der Waals surface area contributed by atoms with Crippen LogP contribution in [0.2, 0.25) is 0 Å². The van der Waals surface area contributed by atoms with E-state index in [9.17, 15) is 9.90 Å². The van der Waals surface area contributed by atoms with Gasteiger partial charge in [0.05, 0.1) is 12.6 Å². The quantitative estimate of drug-likeness (QED) is 0.596. The van der Waals surface area contributed by atoms with Crippen molar-refractivity contribution in [1.29, 1.82) is 0 Å². The molecule has 1 aliphatic heterocycles. The monoisotopic (exact) mass is 387 g/mol. The zero-order valence-corrected chi connectivity index (χ0v) is 16.3. The molecular weight excluding hydrogens is 362 g/mol. The van der Waals surface area contributed by atoms with Crippen LogP contribution in [0.1, 0.15) is 29.5 Å². The van der Waals surface area contributed by atoms with Gasteiger partial charge in [-0.05, 0) is 29.5 Å². The Labute approximate surface area is 171 Å². The molecule has 3 aromatic rings. The van der Waals surface area contributed by atoms with E-state index in [0.717, 1.165) is 29.5 Å². The van der Waals surface area contributed by atoms with Gasteiger partial charge in [0.15, 0.2) is 0 Å². The number of likely N-dealkylation sites (tertiary alicyclic amines) is 1. The topological polar surface area (TPSA) is 49.8 Å². The molecule has 1 fully saturated rings. The summed E-state index contributed by atoms with van der Waals surface area (Å²) in [5.41, 5.74) is 2.27. The van der Waals surface area contributed by atoms with Crippen molar-refractivity contribution in [2.75, 3.05) is 13.2 Å². The number of amides is 1. The van der Waals surface area contributed by atoms with Crippen LogP contribution in [0.15, 0.2) is 91.0 Å². The minimum absolute atomic E-state index is 0.136. The zero-order valence-electron chi connectivity index (χ0n) is 16.3. The number of carbonyl (C=O) groups is 1. The summed E-state index contributed by atoms with van der Waals surface area (Å²) >= 11 is 0. The normalized spacial score (nSPS) is 16.7. The number of benzene rings is 3. The van der Waals surface area contributed by atoms with Gasteiger partial charge in [-0.3, -0.25) is 0 Å². The molecule has 29 heavy (non-hydrogen) atoms. The fraction of sp³-hybridized carbons (Fsp3) is 0.240. The predicted molar refractivity (Wildman–Crippen MR) is 113 cm³/mol. The molecule has 4 nitrogen and oxygen atoms in total. The largest absolute Gasteiger partial charge is 0.465 e. The van der Waals surface area contributed by atoms with Gasteiger partial charge in [-0.25, -0.2) is 4.79 Å². The highest BCUT2D eigenvalue weighted by molar-refractivity contribution is 5.65. The standard InChI is InChI=1S/C25H25NO3/c27-24(28)26-18-10-17-23(26)19-29-25(20-11-4-1-5-12-20,21-13-6-2-7-14-21)22-15-8-3-9-16-22/h1-9,11-16,23H,10,17-19H2,(H,27,28). The fourth-order valence-corrected chi connectivity index (χ4v) is 4.25. The van der Waals surface area contributed by atoms with Gasteiger partial charge in [0.2, 0.25) is 0 Å². The van der Waals surface area contributed by atoms with Crippen molar-refractivity contribution in [2.45, 2.75) is 24.5 Å². The minimum Gasteiger partial charge on any atom is -0.465 e. The lowest BCUT2D eigenvalue weighted by atomic mass is 9.80. The van der Waals surface area contributed by atoms with Crippen LogP contribution >= 0.6 is 0 Å². The number of carboxylic acid groups (broad SMARTS) is 1. The lowest BCUT2D eigenvalue weighted by Gasteiger charge is -2.37. The molecule has 1 aliphatic rings. The minimum atomic E-state index is -0.874. The van der Waals surface area contributed by atoms with Crippen molar-refractivity contribution in [3.05, 3.63) is 108 Å². The van der Waals surface area contributed by atoms with Crippen molar-refractivity contribution in [3.63, 3.8) is 0 Å². The van der Waals surface area contributed by atoms with Crippen LogP contribution in [0.5, 0.6) is 0 Å². The Morgan fingerprint density at radius 2 is 1.31 bits per heavy atom. The molecule has 1 heterocycles. The molecule has 0 bridgehead atoms. The van der Waals surface area contributed by atoms with Crippen LogP contribution in [-0.2, 0) is 10.3 Å². The molecule has 1 saturated heterocycles. The predicted octanol–water partition coefficient (Wildman–Crippen LogP) is 5.14. The first-order chi connectivity index (χ1) is 14.2. The van der Waals surface area contributed by atoms with E-state index in [4.69, 9.17) is 4.74 Å². The third-order valence-corrected chi connectivity index (χ3v) is 5.66. The van der Waals surface area contributed by atoms with Crippen molar-refractivity contribution < 1.29 is 14.6 Å². The van der Waals surface area contributed by atoms with Gasteiger partial charge in [-0.1, -0.05) is 91.0 Å². The maximum Gasteiger partial charge on any atom is 0.407 e. The maximum absolute atomic E-state index is 11.6. The van der Waals surface area contributed by atoms with Crippen LogP contribution in [0.4, 0.5) is 4.79 Å². The average molecular weight is 387 g/mol. The van der Waals surface area contributed by atoms with E-state index >= 15 is 0 Å². The average Bonchev–Trinajstić information content (AvgIpc) is 3.26. The number of hydrogen-bond acceptors (Lipinski definition) is 2. The van der Waals surface area contributed by atoms with Gasteiger partial charge in [0.25, 0.3) is 0 Å². The van der Waals surface area contributed by atoms with Crippen molar-refractivity contribution in [1.82, 2.24) is 4.90 Å². The maximum atomic E-state index is 11.6. The van der Waals surface area contributed by atoms with E-state index < -0.39 is 11.7 Å². The van der Waals surface area contributed by atoms with Crippen LogP contribution < -0.4 is 0 Å². The number of rotatable bonds is 6. The summed E-state index contributed by atoms with van der Waals surface area (Å²) in [6, 6.07) is 30.4. The summed E-state index contributed by atoms with van der Waals surface area (Å²) in [7, 11) is 0. The Balaban J connectivity index is 1.81. The van der Waals surface area contributed by atoms with Gasteiger partial charge in [-0.2, -0.15) is 0 Å². The van der Waals surface area contributed by atoms with E-state index in [0.29, 0.717) is 13.2 Å². The molecule has 0 spiro atoms. The number of ether oxygens (including phenoxy) is 1. The van der Waals surface area contributed by atoms with E-state index in [1.807, 2.05) is 54.6 Å². The molecular formula is C25H25NO3. The third-order valence-electron chi connectivity index (χ3n) is 5.66. The SMILES string of the molecule is O=C(O)N1CCCC1COC(c1ccccc1)(c1ccccc1)c1ccccc1. The molecule has 4 heteroatoms. The summed E-state index contributed by atoms with van der Waals surface area (Å²) in [5, 5.41) is 9.53. The lowest BCUT2D eigenvalue weighted by Crippen LogP contribution is -2.41. The molecule has 0 aromatic heterocycles. The van der Waals surface area contributed by atoms with Gasteiger partial charge in [0, 0.05) is 6.54 Å². The highest BCUT2D eigenvalue weighted by Crippen LogP contribution is 2.41. The Hall–Kier alpha value is -3.11. The molecule has 1 atom stereocenters. The van der Waals surface area contributed by atoms with Gasteiger partial charge < -0.3 is 14.7 Å². The lowest BCUT2D eigenvalue weighted by molar-refractivity contribution is -0.0132. The molecule has 4 rings (SSSR count). The smallest absolute Gasteiger partial charge is 0.407 e. The summed E-state index contributed by atoms with van der Waals surface area (Å²) in [6.45, 7) is 0.906. The van der Waals surface area contributed by atoms with Crippen molar-refractivity contribution in [3.8, 4) is 0 Å². The second kappa shape index (κ2) is 8.50. The Bertz CT molecular complexity index is 831. The summed E-state index contributed by atoms with van der Waals surface area (Å²) in [5.74, 6) is 0. The highest BCUT2D eigenvalue weighted by Gasteiger charge is 2.39. The molecule has 1 unspecified atom stereocenters.